The second-order valence-corrected chi connectivity index (χ2v) is 10.0. The molecular weight excluding hydrogens is 524 g/mol. The van der Waals surface area contributed by atoms with E-state index in [9.17, 15) is 10.1 Å². The number of anilines is 2. The molecule has 1 aliphatic heterocycles. The second kappa shape index (κ2) is 14.2. The molecule has 0 unspecified atom stereocenters. The third kappa shape index (κ3) is 7.85. The van der Waals surface area contributed by atoms with Crippen LogP contribution in [0.4, 0.5) is 11.5 Å². The molecule has 2 N–H and O–H groups in total. The molecule has 0 atom stereocenters. The number of hydrogen-bond donors (Lipinski definition) is 2. The van der Waals surface area contributed by atoms with Crippen molar-refractivity contribution in [3.8, 4) is 6.07 Å². The first-order valence-corrected chi connectivity index (χ1v) is 13.8. The highest BCUT2D eigenvalue weighted by Gasteiger charge is 2.14. The van der Waals surface area contributed by atoms with Crippen molar-refractivity contribution in [1.82, 2.24) is 15.0 Å². The quantitative estimate of drug-likeness (QED) is 0.147. The number of rotatable bonds is 11. The molecule has 0 radical (unpaired) electrons. The van der Waals surface area contributed by atoms with Gasteiger partial charge in [0.15, 0.2) is 5.16 Å². The molecular formula is C30H32N6O3S. The van der Waals surface area contributed by atoms with Crippen LogP contribution in [0.5, 0.6) is 0 Å². The Morgan fingerprint density at radius 2 is 2.12 bits per heavy atom. The Hall–Kier alpha value is -4.33. The standard InChI is InChI=1S/C30H32N6O3S/c1-21(6-4-7-22(2)38-3)28-26(17-31)29(37)35-30(34-28)40-20-23-8-5-9-25(16-23)32-18-24-10-11-27(33-19-24)36-12-14-39-15-13-36/h4-11,16,19,32H,2,12-15,18,20H2,1,3H3,(H,34,35,37)/b7-4-,21-6+. The van der Waals surface area contributed by atoms with Crippen molar-refractivity contribution < 1.29 is 9.47 Å². The number of nitrogens with zero attached hydrogens (tertiary/aromatic N) is 4. The lowest BCUT2D eigenvalue weighted by atomic mass is 10.1. The van der Waals surface area contributed by atoms with Crippen molar-refractivity contribution in [2.75, 3.05) is 43.6 Å². The zero-order valence-electron chi connectivity index (χ0n) is 22.6. The third-order valence-electron chi connectivity index (χ3n) is 6.22. The third-order valence-corrected chi connectivity index (χ3v) is 7.16. The number of pyridine rings is 1. The summed E-state index contributed by atoms with van der Waals surface area (Å²) in [5, 5.41) is 13.4. The van der Waals surface area contributed by atoms with Gasteiger partial charge in [-0.05, 0) is 47.9 Å². The smallest absolute Gasteiger partial charge is 0.270 e. The van der Waals surface area contributed by atoms with E-state index in [0.717, 1.165) is 48.9 Å². The minimum Gasteiger partial charge on any atom is -0.497 e. The molecule has 1 saturated heterocycles. The lowest BCUT2D eigenvalue weighted by Crippen LogP contribution is -2.36. The largest absolute Gasteiger partial charge is 0.497 e. The van der Waals surface area contributed by atoms with Gasteiger partial charge in [-0.3, -0.25) is 4.79 Å². The first-order valence-electron chi connectivity index (χ1n) is 12.8. The molecule has 40 heavy (non-hydrogen) atoms. The molecule has 0 aliphatic carbocycles. The van der Waals surface area contributed by atoms with Crippen LogP contribution in [-0.2, 0) is 21.8 Å². The fourth-order valence-corrected chi connectivity index (χ4v) is 4.79. The van der Waals surface area contributed by atoms with E-state index in [0.29, 0.717) is 34.5 Å². The number of morpholine rings is 1. The van der Waals surface area contributed by atoms with Gasteiger partial charge in [0, 0.05) is 37.3 Å². The molecule has 0 spiro atoms. The van der Waals surface area contributed by atoms with Crippen LogP contribution in [0.15, 0.2) is 83.1 Å². The highest BCUT2D eigenvalue weighted by Crippen LogP contribution is 2.23. The van der Waals surface area contributed by atoms with Gasteiger partial charge in [0.1, 0.15) is 23.2 Å². The molecule has 0 bridgehead atoms. The van der Waals surface area contributed by atoms with Gasteiger partial charge in [0.25, 0.3) is 5.56 Å². The van der Waals surface area contributed by atoms with Gasteiger partial charge in [0.05, 0.1) is 26.0 Å². The Morgan fingerprint density at radius 1 is 1.30 bits per heavy atom. The Kier molecular flexibility index (Phi) is 10.2. The topological polar surface area (TPSA) is 116 Å². The Labute approximate surface area is 238 Å². The van der Waals surface area contributed by atoms with Gasteiger partial charge < -0.3 is 24.7 Å². The van der Waals surface area contributed by atoms with Crippen LogP contribution >= 0.6 is 11.8 Å². The lowest BCUT2D eigenvalue weighted by Gasteiger charge is -2.27. The molecule has 4 rings (SSSR count). The van der Waals surface area contributed by atoms with Gasteiger partial charge in [-0.1, -0.05) is 48.7 Å². The van der Waals surface area contributed by atoms with E-state index in [1.165, 1.54) is 18.9 Å². The zero-order valence-corrected chi connectivity index (χ0v) is 23.5. The molecule has 9 nitrogen and oxygen atoms in total. The summed E-state index contributed by atoms with van der Waals surface area (Å²) in [5.41, 5.74) is 3.70. The van der Waals surface area contributed by atoms with E-state index in [4.69, 9.17) is 9.47 Å². The van der Waals surface area contributed by atoms with Crippen molar-refractivity contribution in [3.05, 3.63) is 106 Å². The number of allylic oxidation sites excluding steroid dienone is 4. The number of ether oxygens (including phenoxy) is 2. The van der Waals surface area contributed by atoms with Gasteiger partial charge in [-0.25, -0.2) is 9.97 Å². The number of thioether (sulfide) groups is 1. The number of hydrogen-bond acceptors (Lipinski definition) is 9. The summed E-state index contributed by atoms with van der Waals surface area (Å²) < 4.78 is 10.4. The number of aromatic amines is 1. The Morgan fingerprint density at radius 3 is 2.85 bits per heavy atom. The number of aromatic nitrogens is 3. The zero-order chi connectivity index (χ0) is 28.3. The Bertz CT molecular complexity index is 1480. The van der Waals surface area contributed by atoms with Crippen molar-refractivity contribution >= 4 is 28.8 Å². The predicted molar refractivity (Wildman–Crippen MR) is 159 cm³/mol. The maximum atomic E-state index is 12.6. The fraction of sp³-hybridized carbons (Fsp3) is 0.267. The van der Waals surface area contributed by atoms with E-state index in [1.807, 2.05) is 30.5 Å². The summed E-state index contributed by atoms with van der Waals surface area (Å²) in [5.74, 6) is 2.06. The van der Waals surface area contributed by atoms with Crippen LogP contribution in [0, 0.1) is 11.3 Å². The van der Waals surface area contributed by atoms with Crippen LogP contribution in [0.2, 0.25) is 0 Å². The summed E-state index contributed by atoms with van der Waals surface area (Å²) >= 11 is 1.40. The minimum atomic E-state index is -0.461. The first kappa shape index (κ1) is 28.7. The Balaban J connectivity index is 1.38. The lowest BCUT2D eigenvalue weighted by molar-refractivity contribution is 0.122. The average molecular weight is 557 g/mol. The summed E-state index contributed by atoms with van der Waals surface area (Å²) in [6, 6.07) is 14.2. The number of methoxy groups -OCH3 is 1. The summed E-state index contributed by atoms with van der Waals surface area (Å²) in [6.45, 7) is 9.38. The van der Waals surface area contributed by atoms with Gasteiger partial charge in [0.2, 0.25) is 0 Å². The number of benzene rings is 1. The summed E-state index contributed by atoms with van der Waals surface area (Å²) in [4.78, 5) is 26.7. The number of nitrogens with one attached hydrogen (secondary N) is 2. The van der Waals surface area contributed by atoms with Crippen molar-refractivity contribution in [1.29, 1.82) is 5.26 Å². The SMILES string of the molecule is C=C(/C=C\C=C(/C)c1nc(SCc2cccc(NCc3ccc(N4CCOCC4)nc3)c2)[nH]c(=O)c1C#N)OC. The molecule has 0 amide bonds. The number of H-pyrrole nitrogens is 1. The van der Waals surface area contributed by atoms with Gasteiger partial charge >= 0.3 is 0 Å². The molecule has 1 aromatic carbocycles. The maximum Gasteiger partial charge on any atom is 0.270 e. The monoisotopic (exact) mass is 556 g/mol. The molecule has 1 fully saturated rings. The normalized spacial score (nSPS) is 13.7. The average Bonchev–Trinajstić information content (AvgIpc) is 2.99. The van der Waals surface area contributed by atoms with E-state index in [-0.39, 0.29) is 5.56 Å². The second-order valence-electron chi connectivity index (χ2n) is 9.05. The van der Waals surface area contributed by atoms with E-state index >= 15 is 0 Å². The predicted octanol–water partition coefficient (Wildman–Crippen LogP) is 4.90. The van der Waals surface area contributed by atoms with E-state index in [1.54, 1.807) is 25.2 Å². The minimum absolute atomic E-state index is 0.0178. The van der Waals surface area contributed by atoms with Crippen LogP contribution in [-0.4, -0.2) is 48.4 Å². The summed E-state index contributed by atoms with van der Waals surface area (Å²) in [6.07, 6.45) is 7.10. The molecule has 206 valence electrons. The molecule has 1 aliphatic rings. The van der Waals surface area contributed by atoms with E-state index < -0.39 is 5.56 Å². The van der Waals surface area contributed by atoms with Crippen molar-refractivity contribution in [2.24, 2.45) is 0 Å². The summed E-state index contributed by atoms with van der Waals surface area (Å²) in [7, 11) is 1.54. The van der Waals surface area contributed by atoms with Crippen LogP contribution in [0.1, 0.15) is 29.3 Å². The first-order chi connectivity index (χ1) is 19.5. The molecule has 10 heteroatoms. The molecule has 3 heterocycles. The highest BCUT2D eigenvalue weighted by atomic mass is 32.2. The van der Waals surface area contributed by atoms with Crippen LogP contribution in [0.3, 0.4) is 0 Å². The fourth-order valence-electron chi connectivity index (χ4n) is 3.98. The van der Waals surface area contributed by atoms with Crippen molar-refractivity contribution in [3.63, 3.8) is 0 Å². The molecule has 3 aromatic rings. The molecule has 2 aromatic heterocycles. The highest BCUT2D eigenvalue weighted by molar-refractivity contribution is 7.98. The van der Waals surface area contributed by atoms with Gasteiger partial charge in [-0.15, -0.1) is 0 Å². The number of nitriles is 1. The van der Waals surface area contributed by atoms with Gasteiger partial charge in [-0.2, -0.15) is 5.26 Å². The maximum absolute atomic E-state index is 12.6. The van der Waals surface area contributed by atoms with Crippen molar-refractivity contribution in [2.45, 2.75) is 24.4 Å². The van der Waals surface area contributed by atoms with Crippen LogP contribution in [0.25, 0.3) is 5.57 Å². The molecule has 0 saturated carbocycles. The van der Waals surface area contributed by atoms with E-state index in [2.05, 4.69) is 49.9 Å². The van der Waals surface area contributed by atoms with Crippen LogP contribution < -0.4 is 15.8 Å².